The number of carbonyl (C=O) groups excluding carboxylic acids is 1. The second-order valence-corrected chi connectivity index (χ2v) is 7.24. The van der Waals surface area contributed by atoms with Crippen LogP contribution in [0.15, 0.2) is 77.6 Å². The first-order chi connectivity index (χ1) is 15.1. The van der Waals surface area contributed by atoms with Crippen molar-refractivity contribution in [2.24, 2.45) is 0 Å². The lowest BCUT2D eigenvalue weighted by Crippen LogP contribution is -2.24. The average Bonchev–Trinajstić information content (AvgIpc) is 3.04. The van der Waals surface area contributed by atoms with Crippen molar-refractivity contribution in [2.75, 3.05) is 19.1 Å². The van der Waals surface area contributed by atoms with Gasteiger partial charge in [-0.3, -0.25) is 14.2 Å². The predicted molar refractivity (Wildman–Crippen MR) is 122 cm³/mol. The first kappa shape index (κ1) is 18.8. The van der Waals surface area contributed by atoms with Gasteiger partial charge in [0.2, 0.25) is 0 Å². The molecule has 1 aliphatic rings. The molecule has 0 N–H and O–H groups in total. The van der Waals surface area contributed by atoms with E-state index >= 15 is 0 Å². The van der Waals surface area contributed by atoms with Crippen LogP contribution in [0.3, 0.4) is 0 Å². The molecule has 0 saturated heterocycles. The van der Waals surface area contributed by atoms with E-state index in [1.54, 1.807) is 49.4 Å². The Hall–Kier alpha value is -4.19. The van der Waals surface area contributed by atoms with Crippen LogP contribution in [0.25, 0.3) is 28.2 Å². The summed E-state index contributed by atoms with van der Waals surface area (Å²) in [5, 5.41) is 0.492. The number of nitrogens with zero attached hydrogens (tertiary/aromatic N) is 3. The number of hydrogen-bond donors (Lipinski definition) is 0. The Morgan fingerprint density at radius 1 is 0.871 bits per heavy atom. The molecule has 0 unspecified atom stereocenters. The molecule has 0 bridgehead atoms. The average molecular weight is 409 g/mol. The van der Waals surface area contributed by atoms with Crippen molar-refractivity contribution in [3.8, 4) is 11.4 Å². The van der Waals surface area contributed by atoms with Crippen molar-refractivity contribution in [3.05, 3.63) is 94.5 Å². The second kappa shape index (κ2) is 7.25. The molecular formula is C25H19N3O3. The molecular weight excluding hydrogens is 390 g/mol. The van der Waals surface area contributed by atoms with Crippen LogP contribution in [-0.4, -0.2) is 29.6 Å². The molecule has 0 fully saturated rings. The molecule has 0 spiro atoms. The molecule has 0 aliphatic carbocycles. The molecule has 2 heterocycles. The number of anilines is 1. The first-order valence-corrected chi connectivity index (χ1v) is 9.84. The summed E-state index contributed by atoms with van der Waals surface area (Å²) in [5.41, 5.74) is 3.03. The highest BCUT2D eigenvalue weighted by atomic mass is 16.5. The standard InChI is InChI=1S/C25H19N3O3/c1-27-20-12-6-4-9-16(20)18(24(27)29)15-23-26-19-11-5-3-10-17(19)25(30)28(23)21-13-7-8-14-22(21)31-2/h3-15H,1-2H3/b18-15-. The minimum atomic E-state index is -0.228. The zero-order valence-electron chi connectivity index (χ0n) is 17.1. The van der Waals surface area contributed by atoms with Gasteiger partial charge < -0.3 is 9.64 Å². The van der Waals surface area contributed by atoms with Gasteiger partial charge in [0.15, 0.2) is 0 Å². The van der Waals surface area contributed by atoms with Crippen LogP contribution in [0.1, 0.15) is 11.4 Å². The van der Waals surface area contributed by atoms with Crippen LogP contribution in [0.5, 0.6) is 5.75 Å². The third-order valence-corrected chi connectivity index (χ3v) is 5.49. The summed E-state index contributed by atoms with van der Waals surface area (Å²) >= 11 is 0. The lowest BCUT2D eigenvalue weighted by Gasteiger charge is -2.15. The molecule has 1 aliphatic heterocycles. The number of likely N-dealkylation sites (N-methyl/N-ethyl adjacent to an activating group) is 1. The second-order valence-electron chi connectivity index (χ2n) is 7.24. The maximum absolute atomic E-state index is 13.5. The molecule has 152 valence electrons. The highest BCUT2D eigenvalue weighted by Gasteiger charge is 2.30. The number of aromatic nitrogens is 2. The number of carbonyl (C=O) groups is 1. The molecule has 0 radical (unpaired) electrons. The number of benzene rings is 3. The molecule has 6 nitrogen and oxygen atoms in total. The Bertz CT molecular complexity index is 1440. The number of hydrogen-bond acceptors (Lipinski definition) is 4. The monoisotopic (exact) mass is 409 g/mol. The number of rotatable bonds is 3. The van der Waals surface area contributed by atoms with E-state index in [0.717, 1.165) is 11.3 Å². The molecule has 6 heteroatoms. The fourth-order valence-corrected chi connectivity index (χ4v) is 3.96. The van der Waals surface area contributed by atoms with Gasteiger partial charge in [-0.05, 0) is 36.4 Å². The molecule has 5 rings (SSSR count). The summed E-state index contributed by atoms with van der Waals surface area (Å²) < 4.78 is 7.01. The number of methoxy groups -OCH3 is 1. The van der Waals surface area contributed by atoms with Gasteiger partial charge in [0.1, 0.15) is 11.6 Å². The smallest absolute Gasteiger partial charge is 0.266 e. The van der Waals surface area contributed by atoms with Crippen LogP contribution in [-0.2, 0) is 4.79 Å². The van der Waals surface area contributed by atoms with E-state index < -0.39 is 0 Å². The lowest BCUT2D eigenvalue weighted by atomic mass is 10.1. The molecule has 31 heavy (non-hydrogen) atoms. The van der Waals surface area contributed by atoms with Gasteiger partial charge in [0.05, 0.1) is 35.0 Å². The number of amides is 1. The van der Waals surface area contributed by atoms with Crippen LogP contribution in [0.4, 0.5) is 5.69 Å². The third kappa shape index (κ3) is 2.92. The van der Waals surface area contributed by atoms with Crippen molar-refractivity contribution in [1.29, 1.82) is 0 Å². The minimum absolute atomic E-state index is 0.143. The topological polar surface area (TPSA) is 64.4 Å². The Balaban J connectivity index is 1.85. The van der Waals surface area contributed by atoms with Crippen LogP contribution in [0, 0.1) is 0 Å². The molecule has 4 aromatic rings. The molecule has 0 saturated carbocycles. The SMILES string of the molecule is COc1ccccc1-n1c(/C=C2\C(=O)N(C)c3ccccc32)nc2ccccc2c1=O. The van der Waals surface area contributed by atoms with E-state index in [1.165, 1.54) is 4.57 Å². The lowest BCUT2D eigenvalue weighted by molar-refractivity contribution is -0.112. The molecule has 0 atom stereocenters. The quantitative estimate of drug-likeness (QED) is 0.481. The van der Waals surface area contributed by atoms with Gasteiger partial charge in [0, 0.05) is 12.6 Å². The minimum Gasteiger partial charge on any atom is -0.495 e. The summed E-state index contributed by atoms with van der Waals surface area (Å²) in [4.78, 5) is 32.9. The van der Waals surface area contributed by atoms with Crippen LogP contribution >= 0.6 is 0 Å². The largest absolute Gasteiger partial charge is 0.495 e. The van der Waals surface area contributed by atoms with Gasteiger partial charge in [-0.1, -0.05) is 42.5 Å². The summed E-state index contributed by atoms with van der Waals surface area (Å²) in [7, 11) is 3.30. The zero-order chi connectivity index (χ0) is 21.5. The maximum atomic E-state index is 13.5. The van der Waals surface area contributed by atoms with Crippen molar-refractivity contribution < 1.29 is 9.53 Å². The fraction of sp³-hybridized carbons (Fsp3) is 0.0800. The van der Waals surface area contributed by atoms with E-state index in [0.29, 0.717) is 33.7 Å². The summed E-state index contributed by atoms with van der Waals surface area (Å²) in [6.07, 6.45) is 1.69. The van der Waals surface area contributed by atoms with E-state index in [4.69, 9.17) is 9.72 Å². The number of ether oxygens (including phenoxy) is 1. The van der Waals surface area contributed by atoms with Crippen LogP contribution < -0.4 is 15.2 Å². The molecule has 1 amide bonds. The Morgan fingerprint density at radius 2 is 1.55 bits per heavy atom. The normalized spacial score (nSPS) is 14.3. The maximum Gasteiger partial charge on any atom is 0.266 e. The number of fused-ring (bicyclic) bond motifs is 2. The molecule has 1 aromatic heterocycles. The van der Waals surface area contributed by atoms with Gasteiger partial charge in [-0.25, -0.2) is 4.98 Å². The van der Waals surface area contributed by atoms with Gasteiger partial charge in [0.25, 0.3) is 11.5 Å². The van der Waals surface area contributed by atoms with E-state index in [2.05, 4.69) is 0 Å². The van der Waals surface area contributed by atoms with E-state index in [-0.39, 0.29) is 11.5 Å². The Labute approximate surface area is 178 Å². The Kier molecular flexibility index (Phi) is 4.40. The summed E-state index contributed by atoms with van der Waals surface area (Å²) in [6, 6.07) is 22.0. The first-order valence-electron chi connectivity index (χ1n) is 9.84. The zero-order valence-corrected chi connectivity index (χ0v) is 17.1. The van der Waals surface area contributed by atoms with Crippen molar-refractivity contribution in [1.82, 2.24) is 9.55 Å². The molecule has 3 aromatic carbocycles. The van der Waals surface area contributed by atoms with E-state index in [1.807, 2.05) is 48.5 Å². The van der Waals surface area contributed by atoms with Crippen molar-refractivity contribution in [3.63, 3.8) is 0 Å². The Morgan fingerprint density at radius 3 is 2.35 bits per heavy atom. The van der Waals surface area contributed by atoms with Crippen molar-refractivity contribution in [2.45, 2.75) is 0 Å². The van der Waals surface area contributed by atoms with Crippen LogP contribution in [0.2, 0.25) is 0 Å². The van der Waals surface area contributed by atoms with Gasteiger partial charge in [-0.15, -0.1) is 0 Å². The number of para-hydroxylation sites is 4. The summed E-state index contributed by atoms with van der Waals surface area (Å²) in [5.74, 6) is 0.758. The highest BCUT2D eigenvalue weighted by Crippen LogP contribution is 2.36. The van der Waals surface area contributed by atoms with Gasteiger partial charge in [-0.2, -0.15) is 0 Å². The van der Waals surface area contributed by atoms with Gasteiger partial charge >= 0.3 is 0 Å². The summed E-state index contributed by atoms with van der Waals surface area (Å²) in [6.45, 7) is 0. The highest BCUT2D eigenvalue weighted by molar-refractivity contribution is 6.35. The third-order valence-electron chi connectivity index (χ3n) is 5.49. The van der Waals surface area contributed by atoms with E-state index in [9.17, 15) is 9.59 Å². The predicted octanol–water partition coefficient (Wildman–Crippen LogP) is 3.91. The van der Waals surface area contributed by atoms with Crippen molar-refractivity contribution >= 4 is 34.1 Å². The fourth-order valence-electron chi connectivity index (χ4n) is 3.96.